The van der Waals surface area contributed by atoms with Crippen LogP contribution in [0, 0.1) is 11.3 Å². The lowest BCUT2D eigenvalue weighted by Crippen LogP contribution is -2.07. The molecule has 0 N–H and O–H groups in total. The van der Waals surface area contributed by atoms with Crippen LogP contribution < -0.4 is 0 Å². The minimum atomic E-state index is 0.253. The Hall–Kier alpha value is -0.940. The van der Waals surface area contributed by atoms with Crippen LogP contribution in [-0.4, -0.2) is 4.75 Å². The van der Waals surface area contributed by atoms with Crippen molar-refractivity contribution in [2.75, 3.05) is 0 Å². The highest BCUT2D eigenvalue weighted by molar-refractivity contribution is 7.99. The van der Waals surface area contributed by atoms with Crippen molar-refractivity contribution in [3.63, 3.8) is 0 Å². The number of hydrogen-bond donors (Lipinski definition) is 0. The Labute approximate surface area is 90.1 Å². The van der Waals surface area contributed by atoms with Crippen molar-refractivity contribution in [3.8, 4) is 6.07 Å². The Kier molecular flexibility index (Phi) is 3.60. The van der Waals surface area contributed by atoms with Crippen molar-refractivity contribution < 1.29 is 0 Å². The molecule has 0 aliphatic carbocycles. The minimum absolute atomic E-state index is 0.253. The number of nitrogens with zero attached hydrogens (tertiary/aromatic N) is 1. The van der Waals surface area contributed by atoms with Gasteiger partial charge in [-0.3, -0.25) is 0 Å². The number of hydrogen-bond acceptors (Lipinski definition) is 2. The fourth-order valence-corrected chi connectivity index (χ4v) is 1.89. The molecule has 14 heavy (non-hydrogen) atoms. The molecule has 0 aliphatic heterocycles. The Morgan fingerprint density at radius 2 is 1.93 bits per heavy atom. The summed E-state index contributed by atoms with van der Waals surface area (Å²) in [5.74, 6) is 0.910. The summed E-state index contributed by atoms with van der Waals surface area (Å²) in [5, 5.41) is 8.89. The van der Waals surface area contributed by atoms with Gasteiger partial charge < -0.3 is 0 Å². The smallest absolute Gasteiger partial charge is 0.0994 e. The highest BCUT2D eigenvalue weighted by Gasteiger charge is 2.11. The molecule has 1 aromatic rings. The minimum Gasteiger partial charge on any atom is -0.192 e. The maximum Gasteiger partial charge on any atom is 0.0994 e. The molecule has 1 rings (SSSR count). The van der Waals surface area contributed by atoms with E-state index in [4.69, 9.17) is 5.26 Å². The third kappa shape index (κ3) is 3.43. The zero-order chi connectivity index (χ0) is 10.6. The monoisotopic (exact) mass is 205 g/mol. The van der Waals surface area contributed by atoms with Crippen LogP contribution in [0.25, 0.3) is 0 Å². The summed E-state index contributed by atoms with van der Waals surface area (Å²) < 4.78 is 0.253. The van der Waals surface area contributed by atoms with Crippen LogP contribution in [0.3, 0.4) is 0 Å². The molecule has 0 aromatic heterocycles. The van der Waals surface area contributed by atoms with Crippen molar-refractivity contribution in [2.45, 2.75) is 31.3 Å². The molecule has 0 saturated carbocycles. The average Bonchev–Trinajstić information content (AvgIpc) is 2.14. The van der Waals surface area contributed by atoms with E-state index >= 15 is 0 Å². The highest BCUT2D eigenvalue weighted by atomic mass is 32.2. The average molecular weight is 205 g/mol. The molecule has 0 saturated heterocycles. The van der Waals surface area contributed by atoms with Crippen molar-refractivity contribution >= 4 is 11.8 Å². The first kappa shape index (κ1) is 11.1. The first-order valence-electron chi connectivity index (χ1n) is 4.65. The van der Waals surface area contributed by atoms with Crippen molar-refractivity contribution in [1.82, 2.24) is 0 Å². The van der Waals surface area contributed by atoms with Gasteiger partial charge in [-0.25, -0.2) is 0 Å². The summed E-state index contributed by atoms with van der Waals surface area (Å²) in [6, 6.07) is 10.0. The van der Waals surface area contributed by atoms with E-state index in [1.165, 1.54) is 0 Å². The standard InChI is InChI=1S/C12H15NS/c1-12(2,3)14-9-11-7-5-4-6-10(11)8-13/h4-7H,9H2,1-3H3. The second kappa shape index (κ2) is 4.52. The van der Waals surface area contributed by atoms with Crippen molar-refractivity contribution in [3.05, 3.63) is 35.4 Å². The van der Waals surface area contributed by atoms with E-state index in [-0.39, 0.29) is 4.75 Å². The van der Waals surface area contributed by atoms with E-state index in [2.05, 4.69) is 26.8 Å². The largest absolute Gasteiger partial charge is 0.192 e. The van der Waals surface area contributed by atoms with Gasteiger partial charge >= 0.3 is 0 Å². The van der Waals surface area contributed by atoms with Crippen LogP contribution in [0.5, 0.6) is 0 Å². The molecular formula is C12H15NS. The predicted octanol–water partition coefficient (Wildman–Crippen LogP) is 3.59. The van der Waals surface area contributed by atoms with Crippen LogP contribution >= 0.6 is 11.8 Å². The molecule has 0 aliphatic rings. The quantitative estimate of drug-likeness (QED) is 0.736. The Morgan fingerprint density at radius 3 is 2.50 bits per heavy atom. The molecule has 0 heterocycles. The molecular weight excluding hydrogens is 190 g/mol. The number of nitriles is 1. The molecule has 2 heteroatoms. The maximum atomic E-state index is 8.89. The molecule has 0 fully saturated rings. The SMILES string of the molecule is CC(C)(C)SCc1ccccc1C#N. The normalized spacial score (nSPS) is 11.0. The molecule has 74 valence electrons. The molecule has 0 atom stereocenters. The molecule has 0 spiro atoms. The van der Waals surface area contributed by atoms with Crippen LogP contribution in [0.15, 0.2) is 24.3 Å². The van der Waals surface area contributed by atoms with Gasteiger partial charge in [-0.15, -0.1) is 0 Å². The first-order valence-corrected chi connectivity index (χ1v) is 5.63. The maximum absolute atomic E-state index is 8.89. The van der Waals surface area contributed by atoms with Crippen molar-refractivity contribution in [1.29, 1.82) is 5.26 Å². The van der Waals surface area contributed by atoms with Crippen LogP contribution in [0.1, 0.15) is 31.9 Å². The zero-order valence-electron chi connectivity index (χ0n) is 8.87. The summed E-state index contributed by atoms with van der Waals surface area (Å²) in [5.41, 5.74) is 1.93. The molecule has 0 radical (unpaired) electrons. The van der Waals surface area contributed by atoms with Crippen LogP contribution in [-0.2, 0) is 5.75 Å². The van der Waals surface area contributed by atoms with E-state index in [0.717, 1.165) is 16.9 Å². The third-order valence-electron chi connectivity index (χ3n) is 1.80. The van der Waals surface area contributed by atoms with Gasteiger partial charge in [0, 0.05) is 10.5 Å². The fraction of sp³-hybridized carbons (Fsp3) is 0.417. The first-order chi connectivity index (χ1) is 6.53. The second-order valence-corrected chi connectivity index (χ2v) is 5.97. The van der Waals surface area contributed by atoms with Gasteiger partial charge in [0.1, 0.15) is 0 Å². The van der Waals surface area contributed by atoms with Crippen LogP contribution in [0.4, 0.5) is 0 Å². The molecule has 0 unspecified atom stereocenters. The van der Waals surface area contributed by atoms with E-state index in [1.54, 1.807) is 0 Å². The topological polar surface area (TPSA) is 23.8 Å². The van der Waals surface area contributed by atoms with Gasteiger partial charge in [0.2, 0.25) is 0 Å². The lowest BCUT2D eigenvalue weighted by atomic mass is 10.1. The molecule has 0 amide bonds. The van der Waals surface area contributed by atoms with Crippen LogP contribution in [0.2, 0.25) is 0 Å². The summed E-state index contributed by atoms with van der Waals surface area (Å²) >= 11 is 1.87. The van der Waals surface area contributed by atoms with Gasteiger partial charge in [-0.05, 0) is 11.6 Å². The summed E-state index contributed by atoms with van der Waals surface area (Å²) in [6.07, 6.45) is 0. The van der Waals surface area contributed by atoms with Gasteiger partial charge in [-0.1, -0.05) is 39.0 Å². The summed E-state index contributed by atoms with van der Waals surface area (Å²) in [6.45, 7) is 6.56. The number of benzene rings is 1. The third-order valence-corrected chi connectivity index (χ3v) is 3.12. The summed E-state index contributed by atoms with van der Waals surface area (Å²) in [4.78, 5) is 0. The van der Waals surface area contributed by atoms with Gasteiger partial charge in [0.15, 0.2) is 0 Å². The molecule has 0 bridgehead atoms. The van der Waals surface area contributed by atoms with E-state index < -0.39 is 0 Å². The van der Waals surface area contributed by atoms with E-state index in [9.17, 15) is 0 Å². The Bertz CT molecular complexity index is 344. The van der Waals surface area contributed by atoms with E-state index in [0.29, 0.717) is 0 Å². The summed E-state index contributed by atoms with van der Waals surface area (Å²) in [7, 11) is 0. The van der Waals surface area contributed by atoms with Gasteiger partial charge in [0.05, 0.1) is 11.6 Å². The molecule has 1 aromatic carbocycles. The van der Waals surface area contributed by atoms with Crippen molar-refractivity contribution in [2.24, 2.45) is 0 Å². The second-order valence-electron chi connectivity index (χ2n) is 4.17. The number of thioether (sulfide) groups is 1. The zero-order valence-corrected chi connectivity index (χ0v) is 9.69. The number of rotatable bonds is 2. The predicted molar refractivity (Wildman–Crippen MR) is 62.2 cm³/mol. The molecule has 1 nitrogen and oxygen atoms in total. The Balaban J connectivity index is 2.73. The Morgan fingerprint density at radius 1 is 1.29 bits per heavy atom. The van der Waals surface area contributed by atoms with Gasteiger partial charge in [0.25, 0.3) is 0 Å². The van der Waals surface area contributed by atoms with E-state index in [1.807, 2.05) is 36.0 Å². The van der Waals surface area contributed by atoms with Gasteiger partial charge in [-0.2, -0.15) is 17.0 Å². The fourth-order valence-electron chi connectivity index (χ4n) is 1.05. The lowest BCUT2D eigenvalue weighted by molar-refractivity contribution is 0.802. The lowest BCUT2D eigenvalue weighted by Gasteiger charge is -2.17. The highest BCUT2D eigenvalue weighted by Crippen LogP contribution is 2.28.